The highest BCUT2D eigenvalue weighted by molar-refractivity contribution is 14.0. The van der Waals surface area contributed by atoms with Gasteiger partial charge in [-0.15, -0.1) is 24.0 Å². The summed E-state index contributed by atoms with van der Waals surface area (Å²) in [6, 6.07) is 8.35. The summed E-state index contributed by atoms with van der Waals surface area (Å²) in [5.74, 6) is 1.75. The SMILES string of the molecule is CCNC(=NCc1ccc(Oc2cccnc2)c(F)c1)NCCCOCC1CC1.I. The van der Waals surface area contributed by atoms with E-state index in [1.54, 1.807) is 30.6 Å². The summed E-state index contributed by atoms with van der Waals surface area (Å²) in [5.41, 5.74) is 0.769. The number of guanidine groups is 1. The number of rotatable bonds is 11. The van der Waals surface area contributed by atoms with E-state index in [1.165, 1.54) is 18.9 Å². The molecule has 0 aliphatic heterocycles. The van der Waals surface area contributed by atoms with Gasteiger partial charge in [0.05, 0.1) is 12.7 Å². The molecule has 0 amide bonds. The van der Waals surface area contributed by atoms with Gasteiger partial charge in [-0.2, -0.15) is 0 Å². The fraction of sp³-hybridized carbons (Fsp3) is 0.455. The molecule has 0 saturated heterocycles. The molecule has 0 unspecified atom stereocenters. The summed E-state index contributed by atoms with van der Waals surface area (Å²) < 4.78 is 25.5. The van der Waals surface area contributed by atoms with Crippen molar-refractivity contribution in [3.63, 3.8) is 0 Å². The minimum atomic E-state index is -0.424. The molecule has 1 fully saturated rings. The average Bonchev–Trinajstić information content (AvgIpc) is 3.55. The van der Waals surface area contributed by atoms with Crippen LogP contribution >= 0.6 is 24.0 Å². The van der Waals surface area contributed by atoms with Gasteiger partial charge < -0.3 is 20.1 Å². The molecule has 30 heavy (non-hydrogen) atoms. The van der Waals surface area contributed by atoms with Crippen molar-refractivity contribution in [1.82, 2.24) is 15.6 Å². The third-order valence-electron chi connectivity index (χ3n) is 4.43. The fourth-order valence-electron chi connectivity index (χ4n) is 2.69. The van der Waals surface area contributed by atoms with Crippen molar-refractivity contribution < 1.29 is 13.9 Å². The Bertz CT molecular complexity index is 788. The Balaban J connectivity index is 0.00000320. The van der Waals surface area contributed by atoms with E-state index in [0.29, 0.717) is 18.3 Å². The molecule has 164 valence electrons. The summed E-state index contributed by atoms with van der Waals surface area (Å²) in [6.07, 6.45) is 6.73. The zero-order valence-electron chi connectivity index (χ0n) is 17.3. The predicted molar refractivity (Wildman–Crippen MR) is 127 cm³/mol. The van der Waals surface area contributed by atoms with E-state index < -0.39 is 5.82 Å². The number of pyridine rings is 1. The highest BCUT2D eigenvalue weighted by Gasteiger charge is 2.20. The van der Waals surface area contributed by atoms with Crippen LogP contribution in [0.3, 0.4) is 0 Å². The van der Waals surface area contributed by atoms with Crippen molar-refractivity contribution in [1.29, 1.82) is 0 Å². The lowest BCUT2D eigenvalue weighted by Gasteiger charge is -2.12. The van der Waals surface area contributed by atoms with Crippen molar-refractivity contribution >= 4 is 29.9 Å². The number of aromatic nitrogens is 1. The molecule has 3 rings (SSSR count). The van der Waals surface area contributed by atoms with Gasteiger partial charge in [-0.3, -0.25) is 4.98 Å². The molecular weight excluding hydrogens is 498 g/mol. The van der Waals surface area contributed by atoms with Gasteiger partial charge in [0.2, 0.25) is 0 Å². The van der Waals surface area contributed by atoms with E-state index in [1.807, 2.05) is 13.0 Å². The number of hydrogen-bond donors (Lipinski definition) is 2. The van der Waals surface area contributed by atoms with Crippen LogP contribution in [0, 0.1) is 11.7 Å². The summed E-state index contributed by atoms with van der Waals surface area (Å²) in [5, 5.41) is 6.49. The van der Waals surface area contributed by atoms with Gasteiger partial charge in [0.1, 0.15) is 5.75 Å². The van der Waals surface area contributed by atoms with Gasteiger partial charge >= 0.3 is 0 Å². The van der Waals surface area contributed by atoms with Crippen LogP contribution in [0.2, 0.25) is 0 Å². The molecule has 8 heteroatoms. The highest BCUT2D eigenvalue weighted by atomic mass is 127. The number of nitrogens with zero attached hydrogens (tertiary/aromatic N) is 2. The maximum atomic E-state index is 14.4. The Morgan fingerprint density at radius 2 is 2.13 bits per heavy atom. The molecular formula is C22H30FIN4O2. The molecule has 1 aromatic carbocycles. The normalized spacial score (nSPS) is 13.5. The molecule has 1 saturated carbocycles. The Morgan fingerprint density at radius 3 is 2.83 bits per heavy atom. The van der Waals surface area contributed by atoms with Crippen LogP contribution in [0.25, 0.3) is 0 Å². The number of aliphatic imine (C=N–C) groups is 1. The van der Waals surface area contributed by atoms with Crippen molar-refractivity contribution in [2.75, 3.05) is 26.3 Å². The van der Waals surface area contributed by atoms with Crippen LogP contribution in [-0.4, -0.2) is 37.2 Å². The van der Waals surface area contributed by atoms with Crippen molar-refractivity contribution in [2.45, 2.75) is 32.7 Å². The molecule has 0 spiro atoms. The van der Waals surface area contributed by atoms with Gasteiger partial charge in [-0.25, -0.2) is 9.38 Å². The van der Waals surface area contributed by atoms with Crippen LogP contribution < -0.4 is 15.4 Å². The predicted octanol–water partition coefficient (Wildman–Crippen LogP) is 4.50. The quantitative estimate of drug-likeness (QED) is 0.195. The summed E-state index contributed by atoms with van der Waals surface area (Å²) >= 11 is 0. The first-order chi connectivity index (χ1) is 14.2. The molecule has 0 atom stereocenters. The molecule has 2 N–H and O–H groups in total. The zero-order valence-corrected chi connectivity index (χ0v) is 19.6. The highest BCUT2D eigenvalue weighted by Crippen LogP contribution is 2.28. The Hall–Kier alpha value is -1.94. The van der Waals surface area contributed by atoms with Crippen LogP contribution in [0.5, 0.6) is 11.5 Å². The molecule has 1 aliphatic rings. The number of ether oxygens (including phenoxy) is 2. The Morgan fingerprint density at radius 1 is 1.27 bits per heavy atom. The molecule has 0 bridgehead atoms. The van der Waals surface area contributed by atoms with E-state index in [2.05, 4.69) is 20.6 Å². The first kappa shape index (κ1) is 24.3. The topological polar surface area (TPSA) is 67.8 Å². The van der Waals surface area contributed by atoms with E-state index in [9.17, 15) is 4.39 Å². The molecule has 1 aliphatic carbocycles. The van der Waals surface area contributed by atoms with Crippen LogP contribution in [0.4, 0.5) is 4.39 Å². The van der Waals surface area contributed by atoms with Crippen molar-refractivity contribution in [3.05, 3.63) is 54.1 Å². The lowest BCUT2D eigenvalue weighted by Crippen LogP contribution is -2.38. The second-order valence-corrected chi connectivity index (χ2v) is 7.05. The molecule has 1 heterocycles. The van der Waals surface area contributed by atoms with Crippen LogP contribution in [0.1, 0.15) is 31.7 Å². The summed E-state index contributed by atoms with van der Waals surface area (Å²) in [6.45, 7) is 5.57. The second-order valence-electron chi connectivity index (χ2n) is 7.05. The average molecular weight is 528 g/mol. The minimum Gasteiger partial charge on any atom is -0.453 e. The standard InChI is InChI=1S/C22H29FN4O2.HI/c1-2-25-22(26-11-4-12-28-16-17-6-7-17)27-14-18-8-9-21(20(23)13-18)29-19-5-3-10-24-15-19;/h3,5,8-10,13,15,17H,2,4,6-7,11-12,14,16H2,1H3,(H2,25,26,27);1H. The lowest BCUT2D eigenvalue weighted by atomic mass is 10.2. The summed E-state index contributed by atoms with van der Waals surface area (Å²) in [4.78, 5) is 8.49. The second kappa shape index (κ2) is 13.4. The van der Waals surface area contributed by atoms with Gasteiger partial charge in [0.15, 0.2) is 17.5 Å². The lowest BCUT2D eigenvalue weighted by molar-refractivity contribution is 0.123. The smallest absolute Gasteiger partial charge is 0.191 e. The molecule has 2 aromatic rings. The van der Waals surface area contributed by atoms with Gasteiger partial charge in [-0.05, 0) is 61.9 Å². The number of hydrogen-bond acceptors (Lipinski definition) is 4. The Kier molecular flexibility index (Phi) is 10.9. The maximum Gasteiger partial charge on any atom is 0.191 e. The summed E-state index contributed by atoms with van der Waals surface area (Å²) in [7, 11) is 0. The molecule has 0 radical (unpaired) electrons. The zero-order chi connectivity index (χ0) is 20.3. The van der Waals surface area contributed by atoms with Gasteiger partial charge in [-0.1, -0.05) is 6.07 Å². The van der Waals surface area contributed by atoms with Crippen LogP contribution in [-0.2, 0) is 11.3 Å². The van der Waals surface area contributed by atoms with E-state index >= 15 is 0 Å². The minimum absolute atomic E-state index is 0. The first-order valence-corrected chi connectivity index (χ1v) is 10.2. The van der Waals surface area contributed by atoms with Crippen molar-refractivity contribution in [2.24, 2.45) is 10.9 Å². The first-order valence-electron chi connectivity index (χ1n) is 10.2. The van der Waals surface area contributed by atoms with Crippen molar-refractivity contribution in [3.8, 4) is 11.5 Å². The van der Waals surface area contributed by atoms with Gasteiger partial charge in [0, 0.05) is 32.5 Å². The third kappa shape index (κ3) is 8.83. The largest absolute Gasteiger partial charge is 0.453 e. The number of halogens is 2. The van der Waals surface area contributed by atoms with E-state index in [0.717, 1.165) is 44.2 Å². The maximum absolute atomic E-state index is 14.4. The fourth-order valence-corrected chi connectivity index (χ4v) is 2.69. The third-order valence-corrected chi connectivity index (χ3v) is 4.43. The van der Waals surface area contributed by atoms with E-state index in [-0.39, 0.29) is 29.7 Å². The number of nitrogens with one attached hydrogen (secondary N) is 2. The molecule has 1 aromatic heterocycles. The monoisotopic (exact) mass is 528 g/mol. The van der Waals surface area contributed by atoms with Gasteiger partial charge in [0.25, 0.3) is 0 Å². The molecule has 6 nitrogen and oxygen atoms in total. The number of benzene rings is 1. The van der Waals surface area contributed by atoms with Crippen LogP contribution in [0.15, 0.2) is 47.7 Å². The van der Waals surface area contributed by atoms with E-state index in [4.69, 9.17) is 9.47 Å². The Labute approximate surface area is 194 Å².